The number of nitrogens with one attached hydrogen (secondary N) is 2. The molecule has 108 valence electrons. The van der Waals surface area contributed by atoms with Gasteiger partial charge in [0.25, 0.3) is 0 Å². The zero-order chi connectivity index (χ0) is 13.9. The maximum Gasteiger partial charge on any atom is 0.208 e. The van der Waals surface area contributed by atoms with Crippen molar-refractivity contribution in [2.75, 3.05) is 6.54 Å². The van der Waals surface area contributed by atoms with Gasteiger partial charge in [-0.3, -0.25) is 5.10 Å². The van der Waals surface area contributed by atoms with Crippen LogP contribution in [0.3, 0.4) is 0 Å². The second-order valence-electron chi connectivity index (χ2n) is 6.33. The number of hydrogen-bond acceptors (Lipinski definition) is 4. The van der Waals surface area contributed by atoms with Crippen molar-refractivity contribution in [1.29, 1.82) is 0 Å². The molecular weight excluding hydrogens is 256 g/mol. The second-order valence-corrected chi connectivity index (χ2v) is 7.53. The predicted molar refractivity (Wildman–Crippen MR) is 80.5 cm³/mol. The lowest BCUT2D eigenvalue weighted by atomic mass is 9.75. The fourth-order valence-electron chi connectivity index (χ4n) is 2.72. The number of hydrogen-bond donors (Lipinski definition) is 2. The van der Waals surface area contributed by atoms with Crippen molar-refractivity contribution in [3.05, 3.63) is 5.82 Å². The summed E-state index contributed by atoms with van der Waals surface area (Å²) in [5, 5.41) is 12.4. The maximum absolute atomic E-state index is 4.44. The lowest BCUT2D eigenvalue weighted by Crippen LogP contribution is -2.45. The summed E-state index contributed by atoms with van der Waals surface area (Å²) in [7, 11) is 0. The average Bonchev–Trinajstić information content (AvgIpc) is 2.73. The SMILES string of the molecule is CCCNC1CCC(C)(C)CC1Sc1n[nH]c(C)n1. The van der Waals surface area contributed by atoms with Gasteiger partial charge in [-0.15, -0.1) is 5.10 Å². The highest BCUT2D eigenvalue weighted by molar-refractivity contribution is 7.99. The number of thioether (sulfide) groups is 1. The standard InChI is InChI=1S/C14H26N4S/c1-5-8-15-11-6-7-14(3,4)9-12(11)19-13-16-10(2)17-18-13/h11-12,15H,5-9H2,1-4H3,(H,16,17,18). The van der Waals surface area contributed by atoms with Crippen molar-refractivity contribution < 1.29 is 0 Å². The highest BCUT2D eigenvalue weighted by Gasteiger charge is 2.35. The van der Waals surface area contributed by atoms with Crippen molar-refractivity contribution in [3.8, 4) is 0 Å². The monoisotopic (exact) mass is 282 g/mol. The largest absolute Gasteiger partial charge is 0.313 e. The van der Waals surface area contributed by atoms with Crippen molar-refractivity contribution in [1.82, 2.24) is 20.5 Å². The van der Waals surface area contributed by atoms with Crippen LogP contribution in [0.25, 0.3) is 0 Å². The molecule has 1 saturated carbocycles. The van der Waals surface area contributed by atoms with E-state index in [1.807, 2.05) is 18.7 Å². The first kappa shape index (κ1) is 14.9. The zero-order valence-corrected chi connectivity index (χ0v) is 13.3. The van der Waals surface area contributed by atoms with Crippen LogP contribution in [0, 0.1) is 12.3 Å². The fraction of sp³-hybridized carbons (Fsp3) is 0.857. The molecular formula is C14H26N4S. The molecule has 1 fully saturated rings. The van der Waals surface area contributed by atoms with Gasteiger partial charge in [0.2, 0.25) is 5.16 Å². The summed E-state index contributed by atoms with van der Waals surface area (Å²) in [5.74, 6) is 0.899. The van der Waals surface area contributed by atoms with Gasteiger partial charge < -0.3 is 5.32 Å². The Hall–Kier alpha value is -0.550. The lowest BCUT2D eigenvalue weighted by Gasteiger charge is -2.40. The van der Waals surface area contributed by atoms with Crippen LogP contribution in [0.4, 0.5) is 0 Å². The summed E-state index contributed by atoms with van der Waals surface area (Å²) in [6.07, 6.45) is 4.98. The Bertz CT molecular complexity index is 402. The van der Waals surface area contributed by atoms with Crippen LogP contribution < -0.4 is 5.32 Å². The van der Waals surface area contributed by atoms with Crippen LogP contribution in [-0.4, -0.2) is 33.0 Å². The number of nitrogens with zero attached hydrogens (tertiary/aromatic N) is 2. The van der Waals surface area contributed by atoms with E-state index in [0.29, 0.717) is 16.7 Å². The Kier molecular flexibility index (Phi) is 4.90. The van der Waals surface area contributed by atoms with Gasteiger partial charge in [-0.2, -0.15) is 0 Å². The second kappa shape index (κ2) is 6.27. The van der Waals surface area contributed by atoms with Crippen LogP contribution in [0.5, 0.6) is 0 Å². The van der Waals surface area contributed by atoms with Crippen LogP contribution in [0.1, 0.15) is 52.3 Å². The first-order chi connectivity index (χ1) is 9.00. The van der Waals surface area contributed by atoms with Crippen molar-refractivity contribution >= 4 is 11.8 Å². The van der Waals surface area contributed by atoms with Crippen molar-refractivity contribution in [2.45, 2.75) is 69.8 Å². The molecule has 1 aromatic rings. The third-order valence-electron chi connectivity index (χ3n) is 3.82. The van der Waals surface area contributed by atoms with Gasteiger partial charge in [0.15, 0.2) is 0 Å². The van der Waals surface area contributed by atoms with Gasteiger partial charge in [0.1, 0.15) is 5.82 Å². The maximum atomic E-state index is 4.44. The number of H-pyrrole nitrogens is 1. The Balaban J connectivity index is 2.02. The Morgan fingerprint density at radius 1 is 1.47 bits per heavy atom. The Labute approximate surface area is 120 Å². The summed E-state index contributed by atoms with van der Waals surface area (Å²) in [6.45, 7) is 10.0. The molecule has 5 heteroatoms. The van der Waals surface area contributed by atoms with Gasteiger partial charge in [-0.05, 0) is 44.6 Å². The number of aromatic amines is 1. The molecule has 2 N–H and O–H groups in total. The zero-order valence-electron chi connectivity index (χ0n) is 12.5. The third-order valence-corrected chi connectivity index (χ3v) is 5.02. The number of rotatable bonds is 5. The molecule has 1 aliphatic carbocycles. The lowest BCUT2D eigenvalue weighted by molar-refractivity contribution is 0.214. The molecule has 0 aliphatic heterocycles. The highest BCUT2D eigenvalue weighted by atomic mass is 32.2. The Morgan fingerprint density at radius 3 is 2.89 bits per heavy atom. The van der Waals surface area contributed by atoms with Gasteiger partial charge in [0, 0.05) is 11.3 Å². The smallest absolute Gasteiger partial charge is 0.208 e. The van der Waals surface area contributed by atoms with Crippen LogP contribution >= 0.6 is 11.8 Å². The van der Waals surface area contributed by atoms with E-state index in [-0.39, 0.29) is 0 Å². The molecule has 0 amide bonds. The summed E-state index contributed by atoms with van der Waals surface area (Å²) in [5.41, 5.74) is 0.438. The molecule has 1 heterocycles. The quantitative estimate of drug-likeness (QED) is 0.871. The minimum atomic E-state index is 0.438. The van der Waals surface area contributed by atoms with Crippen LogP contribution in [0.2, 0.25) is 0 Å². The van der Waals surface area contributed by atoms with Gasteiger partial charge >= 0.3 is 0 Å². The van der Waals surface area contributed by atoms with E-state index in [9.17, 15) is 0 Å². The minimum Gasteiger partial charge on any atom is -0.313 e. The fourth-order valence-corrected chi connectivity index (χ4v) is 4.21. The summed E-state index contributed by atoms with van der Waals surface area (Å²) in [6, 6.07) is 0.594. The molecule has 4 nitrogen and oxygen atoms in total. The van der Waals surface area contributed by atoms with E-state index in [1.54, 1.807) is 0 Å². The van der Waals surface area contributed by atoms with Crippen LogP contribution in [-0.2, 0) is 0 Å². The molecule has 2 unspecified atom stereocenters. The van der Waals surface area contributed by atoms with E-state index >= 15 is 0 Å². The molecule has 0 radical (unpaired) electrons. The van der Waals surface area contributed by atoms with Gasteiger partial charge in [-0.25, -0.2) is 4.98 Å². The topological polar surface area (TPSA) is 53.6 Å². The van der Waals surface area contributed by atoms with Crippen molar-refractivity contribution in [2.24, 2.45) is 5.41 Å². The molecule has 0 saturated heterocycles. The normalized spacial score (nSPS) is 26.5. The Morgan fingerprint density at radius 2 is 2.26 bits per heavy atom. The molecule has 2 atom stereocenters. The first-order valence-corrected chi connectivity index (χ1v) is 8.17. The van der Waals surface area contributed by atoms with Gasteiger partial charge in [0.05, 0.1) is 0 Å². The van der Waals surface area contributed by atoms with E-state index in [1.165, 1.54) is 25.7 Å². The molecule has 0 spiro atoms. The van der Waals surface area contributed by atoms with E-state index in [0.717, 1.165) is 17.5 Å². The minimum absolute atomic E-state index is 0.438. The summed E-state index contributed by atoms with van der Waals surface area (Å²) in [4.78, 5) is 4.44. The molecule has 1 aromatic heterocycles. The number of aryl methyl sites for hydroxylation is 1. The van der Waals surface area contributed by atoms with Crippen molar-refractivity contribution in [3.63, 3.8) is 0 Å². The van der Waals surface area contributed by atoms with Gasteiger partial charge in [-0.1, -0.05) is 32.5 Å². The summed E-state index contributed by atoms with van der Waals surface area (Å²) < 4.78 is 0. The molecule has 2 rings (SSSR count). The average molecular weight is 282 g/mol. The van der Waals surface area contributed by atoms with E-state index < -0.39 is 0 Å². The van der Waals surface area contributed by atoms with E-state index in [4.69, 9.17) is 0 Å². The molecule has 0 bridgehead atoms. The van der Waals surface area contributed by atoms with Crippen LogP contribution in [0.15, 0.2) is 5.16 Å². The predicted octanol–water partition coefficient (Wildman–Crippen LogP) is 3.15. The molecule has 19 heavy (non-hydrogen) atoms. The molecule has 0 aromatic carbocycles. The first-order valence-electron chi connectivity index (χ1n) is 7.29. The summed E-state index contributed by atoms with van der Waals surface area (Å²) >= 11 is 1.83. The number of aromatic nitrogens is 3. The highest BCUT2D eigenvalue weighted by Crippen LogP contribution is 2.41. The third kappa shape index (κ3) is 4.21. The molecule has 1 aliphatic rings. The van der Waals surface area contributed by atoms with E-state index in [2.05, 4.69) is 41.3 Å².